The van der Waals surface area contributed by atoms with Crippen molar-refractivity contribution in [2.75, 3.05) is 18.2 Å². The Balaban J connectivity index is 1.60. The SMILES string of the molecule is CCCN(Nc1cccc(C(=N)N)c1)C(=O)NN1c2ccc(-c3ccccc3)c1c2S(C)(=O)=O. The first kappa shape index (κ1) is 23.1. The number of benzene rings is 2. The van der Waals surface area contributed by atoms with Crippen LogP contribution in [0.5, 0.6) is 0 Å². The van der Waals surface area contributed by atoms with Crippen LogP contribution in [0.15, 0.2) is 83.0 Å². The van der Waals surface area contributed by atoms with Gasteiger partial charge in [0, 0.05) is 23.9 Å². The molecule has 2 aromatic carbocycles. The minimum absolute atomic E-state index is 0.0732. The molecule has 2 amide bonds. The van der Waals surface area contributed by atoms with Gasteiger partial charge < -0.3 is 5.73 Å². The molecule has 0 saturated carbocycles. The standard InChI is InChI=1S/C24H26N6O3S/c1-3-14-29(27-18-11-7-10-17(15-18)23(25)26)24(31)28-30-20-13-12-19(16-8-5-4-6-9-16)21(30)22(20)34(2,32)33/h4-13,15,27H,3,14H2,1-2H3,(H3,25,26)(H,28,31). The maximum atomic E-state index is 13.2. The van der Waals surface area contributed by atoms with Crippen molar-refractivity contribution in [3.63, 3.8) is 0 Å². The van der Waals surface area contributed by atoms with Gasteiger partial charge in [0.15, 0.2) is 9.84 Å². The maximum absolute atomic E-state index is 13.2. The van der Waals surface area contributed by atoms with Crippen molar-refractivity contribution in [1.82, 2.24) is 15.4 Å². The number of nitrogens with two attached hydrogens (primary N) is 1. The van der Waals surface area contributed by atoms with E-state index in [1.54, 1.807) is 30.3 Å². The second-order valence-corrected chi connectivity index (χ2v) is 9.91. The van der Waals surface area contributed by atoms with Gasteiger partial charge in [0.1, 0.15) is 10.7 Å². The molecule has 2 aliphatic heterocycles. The summed E-state index contributed by atoms with van der Waals surface area (Å²) in [5, 5.41) is 10.5. The third-order valence-corrected chi connectivity index (χ3v) is 6.51. The number of hydrogen-bond acceptors (Lipinski definition) is 6. The molecule has 5 N–H and O–H groups in total. The summed E-state index contributed by atoms with van der Waals surface area (Å²) in [5.74, 6) is -0.0732. The lowest BCUT2D eigenvalue weighted by Crippen LogP contribution is -2.55. The first-order valence-electron chi connectivity index (χ1n) is 10.7. The van der Waals surface area contributed by atoms with E-state index < -0.39 is 15.9 Å². The summed E-state index contributed by atoms with van der Waals surface area (Å²) < 4.78 is 25.0. The van der Waals surface area contributed by atoms with Crippen LogP contribution in [0.25, 0.3) is 5.57 Å². The predicted octanol–water partition coefficient (Wildman–Crippen LogP) is 3.19. The summed E-state index contributed by atoms with van der Waals surface area (Å²) in [7, 11) is -3.51. The fourth-order valence-electron chi connectivity index (χ4n) is 3.86. The molecule has 10 heteroatoms. The normalized spacial score (nSPS) is 14.6. The van der Waals surface area contributed by atoms with Crippen molar-refractivity contribution >= 4 is 33.0 Å². The molecule has 176 valence electrons. The smallest absolute Gasteiger partial charge is 0.355 e. The number of carbonyl (C=O) groups excluding carboxylic acids is 1. The van der Waals surface area contributed by atoms with Gasteiger partial charge in [-0.05, 0) is 36.3 Å². The molecular formula is C24H26N6O3S. The minimum Gasteiger partial charge on any atom is -0.384 e. The molecule has 0 unspecified atom stereocenters. The number of nitrogens with one attached hydrogen (secondary N) is 3. The molecule has 0 radical (unpaired) electrons. The summed E-state index contributed by atoms with van der Waals surface area (Å²) in [6.45, 7) is 2.33. The summed E-state index contributed by atoms with van der Waals surface area (Å²) in [5.41, 5.74) is 15.0. The Kier molecular flexibility index (Phi) is 6.16. The van der Waals surface area contributed by atoms with Gasteiger partial charge >= 0.3 is 6.03 Å². The van der Waals surface area contributed by atoms with Gasteiger partial charge in [0.2, 0.25) is 0 Å². The molecule has 0 fully saturated rings. The molecule has 2 heterocycles. The predicted molar refractivity (Wildman–Crippen MR) is 133 cm³/mol. The zero-order valence-electron chi connectivity index (χ0n) is 18.9. The van der Waals surface area contributed by atoms with Crippen molar-refractivity contribution < 1.29 is 13.2 Å². The van der Waals surface area contributed by atoms with E-state index in [2.05, 4.69) is 10.9 Å². The number of rotatable bonds is 8. The molecule has 0 atom stereocenters. The van der Waals surface area contributed by atoms with E-state index in [4.69, 9.17) is 11.1 Å². The van der Waals surface area contributed by atoms with E-state index in [-0.39, 0.29) is 10.7 Å². The number of allylic oxidation sites excluding steroid dienone is 3. The van der Waals surface area contributed by atoms with Crippen molar-refractivity contribution in [1.29, 1.82) is 5.41 Å². The topological polar surface area (TPSA) is 132 Å². The summed E-state index contributed by atoms with van der Waals surface area (Å²) in [6, 6.07) is 15.9. The molecular weight excluding hydrogens is 452 g/mol. The average Bonchev–Trinajstić information content (AvgIpc) is 2.81. The molecule has 0 saturated heterocycles. The van der Waals surface area contributed by atoms with Crippen LogP contribution in [0, 0.1) is 5.41 Å². The van der Waals surface area contributed by atoms with Crippen LogP contribution in [0.2, 0.25) is 0 Å². The third kappa shape index (κ3) is 4.40. The third-order valence-electron chi connectivity index (χ3n) is 5.37. The molecule has 2 aromatic rings. The first-order chi connectivity index (χ1) is 16.2. The van der Waals surface area contributed by atoms with Crippen molar-refractivity contribution in [2.24, 2.45) is 5.73 Å². The van der Waals surface area contributed by atoms with Crippen molar-refractivity contribution in [3.05, 3.63) is 94.2 Å². The van der Waals surface area contributed by atoms with Gasteiger partial charge in [0.25, 0.3) is 0 Å². The Hall–Kier alpha value is -4.05. The van der Waals surface area contributed by atoms with Gasteiger partial charge in [-0.3, -0.25) is 10.8 Å². The van der Waals surface area contributed by atoms with E-state index in [1.807, 2.05) is 43.3 Å². The van der Waals surface area contributed by atoms with Gasteiger partial charge in [-0.15, -0.1) is 0 Å². The highest BCUT2D eigenvalue weighted by Gasteiger charge is 2.43. The number of nitrogens with zero attached hydrogens (tertiary/aromatic N) is 2. The highest BCUT2D eigenvalue weighted by molar-refractivity contribution is 7.94. The molecule has 0 spiro atoms. The summed E-state index contributed by atoms with van der Waals surface area (Å²) >= 11 is 0. The second-order valence-electron chi connectivity index (χ2n) is 7.96. The van der Waals surface area contributed by atoms with Crippen molar-refractivity contribution in [2.45, 2.75) is 13.3 Å². The quantitative estimate of drug-likeness (QED) is 0.262. The molecule has 9 nitrogen and oxygen atoms in total. The molecule has 0 aliphatic carbocycles. The zero-order chi connectivity index (χ0) is 24.5. The van der Waals surface area contributed by atoms with E-state index >= 15 is 0 Å². The first-order valence-corrected chi connectivity index (χ1v) is 12.6. The monoisotopic (exact) mass is 478 g/mol. The largest absolute Gasteiger partial charge is 0.384 e. The Morgan fingerprint density at radius 3 is 2.50 bits per heavy atom. The van der Waals surface area contributed by atoms with Crippen LogP contribution in [0.1, 0.15) is 24.5 Å². The Morgan fingerprint density at radius 2 is 1.85 bits per heavy atom. The van der Waals surface area contributed by atoms with Gasteiger partial charge in [-0.1, -0.05) is 49.4 Å². The number of urea groups is 1. The maximum Gasteiger partial charge on any atom is 0.355 e. The Bertz CT molecular complexity index is 1350. The molecule has 2 aliphatic rings. The van der Waals surface area contributed by atoms with Crippen LogP contribution in [-0.2, 0) is 9.84 Å². The highest BCUT2D eigenvalue weighted by Crippen LogP contribution is 2.46. The number of anilines is 1. The zero-order valence-corrected chi connectivity index (χ0v) is 19.7. The molecule has 0 aromatic heterocycles. The Labute approximate surface area is 198 Å². The molecule has 4 rings (SSSR count). The fourth-order valence-corrected chi connectivity index (χ4v) is 4.95. The van der Waals surface area contributed by atoms with E-state index in [0.717, 1.165) is 11.8 Å². The Morgan fingerprint density at radius 1 is 1.12 bits per heavy atom. The second kappa shape index (κ2) is 9.06. The number of amides is 2. The van der Waals surface area contributed by atoms with Crippen LogP contribution < -0.4 is 16.6 Å². The van der Waals surface area contributed by atoms with E-state index in [0.29, 0.717) is 41.2 Å². The summed E-state index contributed by atoms with van der Waals surface area (Å²) in [4.78, 5) is 13.4. The number of carbonyl (C=O) groups is 1. The average molecular weight is 479 g/mol. The molecule has 2 bridgehead atoms. The van der Waals surface area contributed by atoms with Gasteiger partial charge in [-0.25, -0.2) is 28.7 Å². The number of nitrogen functional groups attached to an aromatic ring is 1. The number of amidine groups is 1. The number of sulfone groups is 1. The lowest BCUT2D eigenvalue weighted by molar-refractivity contribution is 0.181. The van der Waals surface area contributed by atoms with Crippen molar-refractivity contribution in [3.8, 4) is 0 Å². The molecule has 34 heavy (non-hydrogen) atoms. The minimum atomic E-state index is -3.51. The number of fused-ring (bicyclic) bond motifs is 2. The van der Waals surface area contributed by atoms with Crippen LogP contribution in [0.3, 0.4) is 0 Å². The lowest BCUT2D eigenvalue weighted by Gasteiger charge is -2.43. The lowest BCUT2D eigenvalue weighted by atomic mass is 9.92. The van der Waals surface area contributed by atoms with Crippen LogP contribution in [-0.4, -0.2) is 43.1 Å². The van der Waals surface area contributed by atoms with Crippen LogP contribution >= 0.6 is 0 Å². The van der Waals surface area contributed by atoms with Crippen LogP contribution in [0.4, 0.5) is 10.5 Å². The fraction of sp³-hybridized carbons (Fsp3) is 0.167. The van der Waals surface area contributed by atoms with Gasteiger partial charge in [0.05, 0.1) is 17.1 Å². The van der Waals surface area contributed by atoms with Gasteiger partial charge in [-0.2, -0.15) is 0 Å². The highest BCUT2D eigenvalue weighted by atomic mass is 32.2. The van der Waals surface area contributed by atoms with E-state index in [1.165, 1.54) is 10.0 Å². The van der Waals surface area contributed by atoms with E-state index in [9.17, 15) is 13.2 Å². The summed E-state index contributed by atoms with van der Waals surface area (Å²) in [6.07, 6.45) is 5.39. The number of hydrogen-bond donors (Lipinski definition) is 4. The number of hydrazine groups is 2.